The summed E-state index contributed by atoms with van der Waals surface area (Å²) in [7, 11) is 0. The number of benzene rings is 1. The van der Waals surface area contributed by atoms with Crippen LogP contribution in [-0.4, -0.2) is 17.0 Å². The minimum Gasteiger partial charge on any atom is -0.398 e. The maximum absolute atomic E-state index is 5.94. The summed E-state index contributed by atoms with van der Waals surface area (Å²) >= 11 is 0. The van der Waals surface area contributed by atoms with E-state index < -0.39 is 0 Å². The Morgan fingerprint density at radius 1 is 1.07 bits per heavy atom. The smallest absolute Gasteiger partial charge is 0.0359 e. The predicted molar refractivity (Wildman–Crippen MR) is 66.7 cm³/mol. The first kappa shape index (κ1) is 12.1. The Balaban J connectivity index is 2.79. The monoisotopic (exact) mass is 206 g/mol. The second-order valence-electron chi connectivity index (χ2n) is 4.56. The minimum atomic E-state index is 0.546. The van der Waals surface area contributed by atoms with Gasteiger partial charge in [-0.05, 0) is 39.3 Å². The zero-order valence-corrected chi connectivity index (χ0v) is 10.2. The van der Waals surface area contributed by atoms with Crippen molar-refractivity contribution in [3.05, 3.63) is 29.8 Å². The van der Waals surface area contributed by atoms with E-state index in [1.165, 1.54) is 5.56 Å². The molecule has 0 aliphatic heterocycles. The third-order valence-corrected chi connectivity index (χ3v) is 2.73. The topological polar surface area (TPSA) is 29.3 Å². The number of para-hydroxylation sites is 1. The van der Waals surface area contributed by atoms with Crippen LogP contribution >= 0.6 is 0 Å². The number of hydrogen-bond donors (Lipinski definition) is 1. The Kier molecular flexibility index (Phi) is 4.15. The third kappa shape index (κ3) is 3.24. The zero-order chi connectivity index (χ0) is 11.4. The van der Waals surface area contributed by atoms with E-state index in [9.17, 15) is 0 Å². The van der Waals surface area contributed by atoms with E-state index in [2.05, 4.69) is 38.7 Å². The van der Waals surface area contributed by atoms with Crippen molar-refractivity contribution in [2.75, 3.05) is 5.73 Å². The highest BCUT2D eigenvalue weighted by Crippen LogP contribution is 2.16. The number of nitrogens with two attached hydrogens (primary N) is 1. The lowest BCUT2D eigenvalue weighted by atomic mass is 10.1. The Labute approximate surface area is 93.1 Å². The Morgan fingerprint density at radius 3 is 2.07 bits per heavy atom. The molecule has 0 aliphatic rings. The second kappa shape index (κ2) is 5.17. The largest absolute Gasteiger partial charge is 0.398 e. The summed E-state index contributed by atoms with van der Waals surface area (Å²) in [4.78, 5) is 2.44. The van der Waals surface area contributed by atoms with Crippen molar-refractivity contribution in [2.45, 2.75) is 46.3 Å². The Hall–Kier alpha value is -1.02. The summed E-state index contributed by atoms with van der Waals surface area (Å²) in [5.74, 6) is 0. The molecule has 15 heavy (non-hydrogen) atoms. The molecule has 0 bridgehead atoms. The number of anilines is 1. The van der Waals surface area contributed by atoms with Crippen LogP contribution < -0.4 is 5.73 Å². The molecule has 0 spiro atoms. The van der Waals surface area contributed by atoms with E-state index in [0.717, 1.165) is 12.2 Å². The van der Waals surface area contributed by atoms with Crippen LogP contribution in [0.1, 0.15) is 33.3 Å². The lowest BCUT2D eigenvalue weighted by molar-refractivity contribution is 0.166. The van der Waals surface area contributed by atoms with Crippen molar-refractivity contribution >= 4 is 5.69 Å². The highest BCUT2D eigenvalue weighted by molar-refractivity contribution is 5.46. The van der Waals surface area contributed by atoms with Gasteiger partial charge in [0.15, 0.2) is 0 Å². The van der Waals surface area contributed by atoms with Crippen molar-refractivity contribution in [1.29, 1.82) is 0 Å². The first-order chi connectivity index (χ1) is 7.02. The highest BCUT2D eigenvalue weighted by Gasteiger charge is 2.14. The molecule has 1 rings (SSSR count). The number of hydrogen-bond acceptors (Lipinski definition) is 2. The van der Waals surface area contributed by atoms with E-state index in [1.807, 2.05) is 18.2 Å². The van der Waals surface area contributed by atoms with E-state index in [1.54, 1.807) is 0 Å². The summed E-state index contributed by atoms with van der Waals surface area (Å²) in [5, 5.41) is 0. The molecular weight excluding hydrogens is 184 g/mol. The fraction of sp³-hybridized carbons (Fsp3) is 0.538. The van der Waals surface area contributed by atoms with E-state index in [4.69, 9.17) is 5.73 Å². The van der Waals surface area contributed by atoms with E-state index in [-0.39, 0.29) is 0 Å². The van der Waals surface area contributed by atoms with Gasteiger partial charge in [0.1, 0.15) is 0 Å². The molecule has 1 aromatic rings. The summed E-state index contributed by atoms with van der Waals surface area (Å²) < 4.78 is 0. The SMILES string of the molecule is CC(C)N(Cc1ccccc1N)C(C)C. The average Bonchev–Trinajstić information content (AvgIpc) is 2.15. The molecule has 0 aliphatic carbocycles. The van der Waals surface area contributed by atoms with Gasteiger partial charge >= 0.3 is 0 Å². The maximum atomic E-state index is 5.94. The zero-order valence-electron chi connectivity index (χ0n) is 10.2. The molecule has 0 heterocycles. The quantitative estimate of drug-likeness (QED) is 0.767. The van der Waals surface area contributed by atoms with Crippen molar-refractivity contribution in [3.8, 4) is 0 Å². The van der Waals surface area contributed by atoms with Crippen molar-refractivity contribution in [3.63, 3.8) is 0 Å². The molecule has 0 saturated heterocycles. The molecule has 1 aromatic carbocycles. The van der Waals surface area contributed by atoms with Gasteiger partial charge in [-0.25, -0.2) is 0 Å². The number of rotatable bonds is 4. The maximum Gasteiger partial charge on any atom is 0.0359 e. The second-order valence-corrected chi connectivity index (χ2v) is 4.56. The molecule has 0 radical (unpaired) electrons. The first-order valence-electron chi connectivity index (χ1n) is 5.61. The van der Waals surface area contributed by atoms with Gasteiger partial charge < -0.3 is 5.73 Å². The standard InChI is InChI=1S/C13H22N2/c1-10(2)15(11(3)4)9-12-7-5-6-8-13(12)14/h5-8,10-11H,9,14H2,1-4H3. The minimum absolute atomic E-state index is 0.546. The molecule has 2 heteroatoms. The van der Waals surface area contributed by atoms with Crippen LogP contribution in [0, 0.1) is 0 Å². The number of nitrogens with zero attached hydrogens (tertiary/aromatic N) is 1. The first-order valence-corrected chi connectivity index (χ1v) is 5.61. The fourth-order valence-electron chi connectivity index (χ4n) is 1.84. The molecule has 2 N–H and O–H groups in total. The van der Waals surface area contributed by atoms with Crippen LogP contribution in [0.15, 0.2) is 24.3 Å². The van der Waals surface area contributed by atoms with Crippen LogP contribution in [0.2, 0.25) is 0 Å². The van der Waals surface area contributed by atoms with Crippen LogP contribution in [0.25, 0.3) is 0 Å². The molecule has 0 aromatic heterocycles. The molecule has 0 unspecified atom stereocenters. The third-order valence-electron chi connectivity index (χ3n) is 2.73. The Bertz CT molecular complexity index is 297. The van der Waals surface area contributed by atoms with Gasteiger partial charge in [-0.3, -0.25) is 4.90 Å². The van der Waals surface area contributed by atoms with Gasteiger partial charge in [-0.15, -0.1) is 0 Å². The lowest BCUT2D eigenvalue weighted by Gasteiger charge is -2.30. The summed E-state index contributed by atoms with van der Waals surface area (Å²) in [6, 6.07) is 9.19. The van der Waals surface area contributed by atoms with Crippen LogP contribution in [0.5, 0.6) is 0 Å². The normalized spacial score (nSPS) is 11.7. The van der Waals surface area contributed by atoms with Crippen LogP contribution in [-0.2, 0) is 6.54 Å². The van der Waals surface area contributed by atoms with Gasteiger partial charge in [0, 0.05) is 24.3 Å². The molecule has 84 valence electrons. The summed E-state index contributed by atoms with van der Waals surface area (Å²) in [6.45, 7) is 9.82. The van der Waals surface area contributed by atoms with E-state index in [0.29, 0.717) is 12.1 Å². The van der Waals surface area contributed by atoms with Gasteiger partial charge in [0.25, 0.3) is 0 Å². The lowest BCUT2D eigenvalue weighted by Crippen LogP contribution is -2.36. The van der Waals surface area contributed by atoms with Crippen LogP contribution in [0.3, 0.4) is 0 Å². The molecule has 2 nitrogen and oxygen atoms in total. The van der Waals surface area contributed by atoms with Crippen molar-refractivity contribution in [2.24, 2.45) is 0 Å². The molecule has 0 atom stereocenters. The fourth-order valence-corrected chi connectivity index (χ4v) is 1.84. The molecular formula is C13H22N2. The van der Waals surface area contributed by atoms with Crippen LogP contribution in [0.4, 0.5) is 5.69 Å². The van der Waals surface area contributed by atoms with Gasteiger partial charge in [0.05, 0.1) is 0 Å². The molecule has 0 saturated carbocycles. The van der Waals surface area contributed by atoms with Crippen molar-refractivity contribution < 1.29 is 0 Å². The van der Waals surface area contributed by atoms with Gasteiger partial charge in [-0.1, -0.05) is 18.2 Å². The van der Waals surface area contributed by atoms with E-state index >= 15 is 0 Å². The summed E-state index contributed by atoms with van der Waals surface area (Å²) in [6.07, 6.45) is 0. The van der Waals surface area contributed by atoms with Gasteiger partial charge in [0.2, 0.25) is 0 Å². The molecule has 0 fully saturated rings. The van der Waals surface area contributed by atoms with Gasteiger partial charge in [-0.2, -0.15) is 0 Å². The van der Waals surface area contributed by atoms with Crippen molar-refractivity contribution in [1.82, 2.24) is 4.90 Å². The average molecular weight is 206 g/mol. The predicted octanol–water partition coefficient (Wildman–Crippen LogP) is 2.89. The highest BCUT2D eigenvalue weighted by atomic mass is 15.2. The molecule has 0 amide bonds. The number of nitrogen functional groups attached to an aromatic ring is 1. The Morgan fingerprint density at radius 2 is 1.60 bits per heavy atom. The summed E-state index contributed by atoms with van der Waals surface area (Å²) in [5.41, 5.74) is 8.06.